The number of carbonyl (C=O) groups is 1. The van der Waals surface area contributed by atoms with Crippen LogP contribution < -0.4 is 9.47 Å². The highest BCUT2D eigenvalue weighted by atomic mass is 16.5. The van der Waals surface area contributed by atoms with Gasteiger partial charge in [0.1, 0.15) is 17.1 Å². The van der Waals surface area contributed by atoms with Gasteiger partial charge in [-0.3, -0.25) is 9.89 Å². The van der Waals surface area contributed by atoms with Gasteiger partial charge in [0, 0.05) is 17.7 Å². The van der Waals surface area contributed by atoms with Crippen molar-refractivity contribution in [3.63, 3.8) is 0 Å². The number of ether oxygens (including phenoxy) is 2. The van der Waals surface area contributed by atoms with Crippen LogP contribution in [0.15, 0.2) is 36.4 Å². The lowest BCUT2D eigenvalue weighted by Crippen LogP contribution is -2.32. The second-order valence-electron chi connectivity index (χ2n) is 7.99. The summed E-state index contributed by atoms with van der Waals surface area (Å²) >= 11 is 0. The first-order valence-corrected chi connectivity index (χ1v) is 11.2. The summed E-state index contributed by atoms with van der Waals surface area (Å²) in [4.78, 5) is 14.8. The second kappa shape index (κ2) is 9.54. The molecule has 1 aromatic heterocycles. The first kappa shape index (κ1) is 22.7. The molecule has 0 aliphatic carbocycles. The summed E-state index contributed by atoms with van der Waals surface area (Å²) in [5, 5.41) is 27.5. The molecule has 8 heteroatoms. The Morgan fingerprint density at radius 1 is 1.12 bits per heavy atom. The van der Waals surface area contributed by atoms with E-state index in [2.05, 4.69) is 10.2 Å². The molecule has 33 heavy (non-hydrogen) atoms. The summed E-state index contributed by atoms with van der Waals surface area (Å²) in [6.07, 6.45) is 0.871. The van der Waals surface area contributed by atoms with E-state index >= 15 is 0 Å². The van der Waals surface area contributed by atoms with Crippen molar-refractivity contribution >= 4 is 5.91 Å². The molecule has 174 valence electrons. The van der Waals surface area contributed by atoms with Crippen LogP contribution in [0.5, 0.6) is 17.2 Å². The third-order valence-electron chi connectivity index (χ3n) is 5.66. The molecule has 8 nitrogen and oxygen atoms in total. The highest BCUT2D eigenvalue weighted by Gasteiger charge is 2.42. The van der Waals surface area contributed by atoms with E-state index in [-0.39, 0.29) is 24.8 Å². The van der Waals surface area contributed by atoms with Crippen LogP contribution in [0.25, 0.3) is 11.3 Å². The number of H-pyrrole nitrogens is 1. The smallest absolute Gasteiger partial charge is 0.273 e. The Morgan fingerprint density at radius 3 is 2.67 bits per heavy atom. The quantitative estimate of drug-likeness (QED) is 0.457. The number of aromatic nitrogens is 2. The Labute approximate surface area is 192 Å². The number of hydrogen-bond donors (Lipinski definition) is 3. The fraction of sp³-hybridized carbons (Fsp3) is 0.360. The van der Waals surface area contributed by atoms with Crippen molar-refractivity contribution in [2.45, 2.75) is 33.2 Å². The van der Waals surface area contributed by atoms with E-state index in [1.54, 1.807) is 11.0 Å². The topological polar surface area (TPSA) is 108 Å². The number of nitrogens with one attached hydrogen (secondary N) is 1. The number of fused-ring (bicyclic) bond motifs is 1. The van der Waals surface area contributed by atoms with E-state index < -0.39 is 6.04 Å². The number of aryl methyl sites for hydroxylation is 1. The zero-order valence-corrected chi connectivity index (χ0v) is 19.1. The van der Waals surface area contributed by atoms with Crippen molar-refractivity contribution in [3.05, 3.63) is 58.8 Å². The number of benzene rings is 2. The number of carbonyl (C=O) groups excluding carboxylic acids is 1. The molecule has 2 aromatic carbocycles. The lowest BCUT2D eigenvalue weighted by Gasteiger charge is -2.26. The molecule has 1 aliphatic rings. The maximum atomic E-state index is 13.2. The summed E-state index contributed by atoms with van der Waals surface area (Å²) in [6, 6.07) is 10.4. The van der Waals surface area contributed by atoms with E-state index in [0.29, 0.717) is 47.2 Å². The zero-order valence-electron chi connectivity index (χ0n) is 19.1. The lowest BCUT2D eigenvalue weighted by atomic mass is 9.95. The Hall–Kier alpha value is -3.52. The average Bonchev–Trinajstić information content (AvgIpc) is 3.34. The third-order valence-corrected chi connectivity index (χ3v) is 5.66. The van der Waals surface area contributed by atoms with Crippen LogP contribution in [0.1, 0.15) is 53.5 Å². The SMILES string of the molecule is CCCOc1ccc(C2c3c(-c4cc(C)ccc4O)n[nH]c3C(=O)N2CCO)cc1OCC. The van der Waals surface area contributed by atoms with Gasteiger partial charge in [-0.1, -0.05) is 24.6 Å². The number of β-amino-alcohol motifs (C(OH)–C–C–N with tert-alkyl or cyclic N) is 1. The second-order valence-corrected chi connectivity index (χ2v) is 7.99. The molecule has 2 heterocycles. The number of amides is 1. The molecule has 0 saturated carbocycles. The highest BCUT2D eigenvalue weighted by Crippen LogP contribution is 2.45. The van der Waals surface area contributed by atoms with Crippen LogP contribution in [0.4, 0.5) is 0 Å². The summed E-state index contributed by atoms with van der Waals surface area (Å²) in [7, 11) is 0. The Bertz CT molecular complexity index is 1160. The van der Waals surface area contributed by atoms with Gasteiger partial charge in [-0.25, -0.2) is 0 Å². The lowest BCUT2D eigenvalue weighted by molar-refractivity contribution is 0.0706. The van der Waals surface area contributed by atoms with Gasteiger partial charge in [-0.05, 0) is 50.1 Å². The van der Waals surface area contributed by atoms with Gasteiger partial charge in [-0.15, -0.1) is 0 Å². The standard InChI is InChI=1S/C25H29N3O5/c1-4-12-33-19-9-7-16(14-20(19)32-5-2)24-21-22(17-13-15(3)6-8-18(17)30)26-27-23(21)25(31)28(24)10-11-29/h6-9,13-14,24,29-30H,4-5,10-12H2,1-3H3,(H,26,27). The number of nitrogens with zero attached hydrogens (tertiary/aromatic N) is 2. The van der Waals surface area contributed by atoms with E-state index in [0.717, 1.165) is 17.5 Å². The molecule has 1 atom stereocenters. The summed E-state index contributed by atoms with van der Waals surface area (Å²) in [6.45, 7) is 6.88. The first-order chi connectivity index (χ1) is 16.0. The number of aliphatic hydroxyl groups excluding tert-OH is 1. The Morgan fingerprint density at radius 2 is 1.94 bits per heavy atom. The van der Waals surface area contributed by atoms with E-state index in [4.69, 9.17) is 9.47 Å². The number of rotatable bonds is 9. The van der Waals surface area contributed by atoms with Crippen molar-refractivity contribution in [2.24, 2.45) is 0 Å². The minimum absolute atomic E-state index is 0.0834. The normalized spacial score (nSPS) is 15.1. The molecule has 4 rings (SSSR count). The molecule has 3 N–H and O–H groups in total. The van der Waals surface area contributed by atoms with E-state index in [9.17, 15) is 15.0 Å². The minimum atomic E-state index is -0.507. The highest BCUT2D eigenvalue weighted by molar-refractivity contribution is 6.00. The molecule has 0 saturated heterocycles. The summed E-state index contributed by atoms with van der Waals surface area (Å²) < 4.78 is 11.7. The predicted molar refractivity (Wildman–Crippen MR) is 124 cm³/mol. The number of phenolic OH excluding ortho intramolecular Hbond substituents is 1. The molecule has 1 aliphatic heterocycles. The molecule has 1 amide bonds. The van der Waals surface area contributed by atoms with Crippen LogP contribution in [-0.4, -0.2) is 57.6 Å². The summed E-state index contributed by atoms with van der Waals surface area (Å²) in [5.41, 5.74) is 3.84. The fourth-order valence-corrected chi connectivity index (χ4v) is 4.22. The van der Waals surface area contributed by atoms with Gasteiger partial charge in [0.25, 0.3) is 5.91 Å². The van der Waals surface area contributed by atoms with Crippen molar-refractivity contribution in [3.8, 4) is 28.5 Å². The average molecular weight is 452 g/mol. The summed E-state index contributed by atoms with van der Waals surface area (Å²) in [5.74, 6) is 1.07. The van der Waals surface area contributed by atoms with Crippen molar-refractivity contribution in [1.29, 1.82) is 0 Å². The van der Waals surface area contributed by atoms with Crippen LogP contribution >= 0.6 is 0 Å². The van der Waals surface area contributed by atoms with Crippen LogP contribution in [0, 0.1) is 6.92 Å². The van der Waals surface area contributed by atoms with Crippen LogP contribution in [0.2, 0.25) is 0 Å². The van der Waals surface area contributed by atoms with Crippen molar-refractivity contribution in [2.75, 3.05) is 26.4 Å². The van der Waals surface area contributed by atoms with Gasteiger partial charge in [0.2, 0.25) is 0 Å². The van der Waals surface area contributed by atoms with Crippen LogP contribution in [0.3, 0.4) is 0 Å². The fourth-order valence-electron chi connectivity index (χ4n) is 4.22. The maximum Gasteiger partial charge on any atom is 0.273 e. The molecular weight excluding hydrogens is 422 g/mol. The number of hydrogen-bond acceptors (Lipinski definition) is 6. The molecule has 0 spiro atoms. The largest absolute Gasteiger partial charge is 0.507 e. The van der Waals surface area contributed by atoms with Gasteiger partial charge < -0.3 is 24.6 Å². The molecule has 0 bridgehead atoms. The molecule has 0 fully saturated rings. The zero-order chi connectivity index (χ0) is 23.5. The predicted octanol–water partition coefficient (Wildman–Crippen LogP) is 3.82. The Kier molecular flexibility index (Phi) is 6.55. The van der Waals surface area contributed by atoms with E-state index in [1.807, 2.05) is 51.1 Å². The van der Waals surface area contributed by atoms with Gasteiger partial charge in [0.15, 0.2) is 11.5 Å². The number of aliphatic hydroxyl groups is 1. The molecular formula is C25H29N3O5. The van der Waals surface area contributed by atoms with Gasteiger partial charge in [0.05, 0.1) is 25.9 Å². The molecule has 0 radical (unpaired) electrons. The third kappa shape index (κ3) is 4.14. The molecule has 1 unspecified atom stereocenters. The Balaban J connectivity index is 1.86. The monoisotopic (exact) mass is 451 g/mol. The molecule has 3 aromatic rings. The van der Waals surface area contributed by atoms with Gasteiger partial charge >= 0.3 is 0 Å². The number of aromatic hydroxyl groups is 1. The van der Waals surface area contributed by atoms with Crippen molar-refractivity contribution in [1.82, 2.24) is 15.1 Å². The van der Waals surface area contributed by atoms with E-state index in [1.165, 1.54) is 0 Å². The van der Waals surface area contributed by atoms with Crippen LogP contribution in [-0.2, 0) is 0 Å². The minimum Gasteiger partial charge on any atom is -0.507 e. The number of phenols is 1. The maximum absolute atomic E-state index is 13.2. The number of aromatic amines is 1. The first-order valence-electron chi connectivity index (χ1n) is 11.2. The van der Waals surface area contributed by atoms with Crippen molar-refractivity contribution < 1.29 is 24.5 Å². The van der Waals surface area contributed by atoms with Gasteiger partial charge in [-0.2, -0.15) is 5.10 Å².